The van der Waals surface area contributed by atoms with Crippen LogP contribution in [0.4, 0.5) is 0 Å². The summed E-state index contributed by atoms with van der Waals surface area (Å²) >= 11 is 0. The highest BCUT2D eigenvalue weighted by Gasteiger charge is 2.08. The lowest BCUT2D eigenvalue weighted by Crippen LogP contribution is -2.18. The van der Waals surface area contributed by atoms with Gasteiger partial charge in [0, 0.05) is 44.4 Å². The van der Waals surface area contributed by atoms with Crippen molar-refractivity contribution in [1.29, 1.82) is 0 Å². The van der Waals surface area contributed by atoms with Crippen molar-refractivity contribution in [3.05, 3.63) is 77.7 Å². The second-order valence-corrected chi connectivity index (χ2v) is 6.63. The molecule has 0 fully saturated rings. The molecule has 3 rings (SSSR count). The van der Waals surface area contributed by atoms with E-state index in [0.717, 1.165) is 11.1 Å². The number of aromatic nitrogens is 2. The molecule has 7 nitrogen and oxygen atoms in total. The van der Waals surface area contributed by atoms with Crippen molar-refractivity contribution in [3.8, 4) is 17.4 Å². The van der Waals surface area contributed by atoms with Crippen molar-refractivity contribution < 1.29 is 19.1 Å². The Morgan fingerprint density at radius 1 is 0.967 bits per heavy atom. The highest BCUT2D eigenvalue weighted by atomic mass is 16.5. The summed E-state index contributed by atoms with van der Waals surface area (Å²) in [7, 11) is 3.11. The fourth-order valence-electron chi connectivity index (χ4n) is 2.82. The summed E-state index contributed by atoms with van der Waals surface area (Å²) in [5.41, 5.74) is 2.21. The van der Waals surface area contributed by atoms with E-state index in [9.17, 15) is 9.59 Å². The molecule has 0 saturated heterocycles. The molecule has 154 valence electrons. The summed E-state index contributed by atoms with van der Waals surface area (Å²) in [5, 5.41) is 2.53. The summed E-state index contributed by atoms with van der Waals surface area (Å²) in [4.78, 5) is 32.0. The van der Waals surface area contributed by atoms with Crippen molar-refractivity contribution in [3.63, 3.8) is 0 Å². The van der Waals surface area contributed by atoms with E-state index in [-0.39, 0.29) is 17.4 Å². The summed E-state index contributed by atoms with van der Waals surface area (Å²) in [6.07, 6.45) is 4.65. The number of ether oxygens (including phenoxy) is 2. The van der Waals surface area contributed by atoms with Crippen LogP contribution >= 0.6 is 0 Å². The first-order valence-corrected chi connectivity index (χ1v) is 9.53. The Kier molecular flexibility index (Phi) is 7.10. The van der Waals surface area contributed by atoms with Gasteiger partial charge in [-0.25, -0.2) is 4.98 Å². The third-order valence-corrected chi connectivity index (χ3v) is 4.45. The number of carbonyl (C=O) groups is 2. The van der Waals surface area contributed by atoms with Gasteiger partial charge in [-0.2, -0.15) is 0 Å². The number of methoxy groups -OCH3 is 1. The van der Waals surface area contributed by atoms with E-state index in [1.165, 1.54) is 6.20 Å². The molecule has 0 aliphatic rings. The van der Waals surface area contributed by atoms with Crippen LogP contribution in [0, 0.1) is 0 Å². The molecule has 0 bridgehead atoms. The topological polar surface area (TPSA) is 90.4 Å². The van der Waals surface area contributed by atoms with Gasteiger partial charge in [0.05, 0.1) is 7.11 Å². The zero-order chi connectivity index (χ0) is 21.3. The number of hydrogen-bond donors (Lipinski definition) is 1. The minimum absolute atomic E-state index is 0.154. The molecule has 0 saturated carbocycles. The van der Waals surface area contributed by atoms with Crippen molar-refractivity contribution in [2.45, 2.75) is 19.3 Å². The third kappa shape index (κ3) is 5.88. The van der Waals surface area contributed by atoms with Gasteiger partial charge < -0.3 is 14.8 Å². The van der Waals surface area contributed by atoms with Crippen LogP contribution in [-0.2, 0) is 17.6 Å². The zero-order valence-corrected chi connectivity index (χ0v) is 16.9. The second-order valence-electron chi connectivity index (χ2n) is 6.63. The van der Waals surface area contributed by atoms with Gasteiger partial charge in [0.15, 0.2) is 0 Å². The van der Waals surface area contributed by atoms with E-state index in [2.05, 4.69) is 15.3 Å². The molecule has 0 atom stereocenters. The SMILES string of the molecule is CNC(=O)c1cc(Oc2ccc(CCC(=O)Cc3ccc(OC)nc3)cc2)ccn1. The Morgan fingerprint density at radius 2 is 1.73 bits per heavy atom. The van der Waals surface area contributed by atoms with Crippen LogP contribution in [0.25, 0.3) is 0 Å². The summed E-state index contributed by atoms with van der Waals surface area (Å²) in [6, 6.07) is 14.4. The number of rotatable bonds is 9. The molecule has 7 heteroatoms. The monoisotopic (exact) mass is 405 g/mol. The van der Waals surface area contributed by atoms with Gasteiger partial charge in [0.25, 0.3) is 5.91 Å². The molecule has 2 aromatic heterocycles. The van der Waals surface area contributed by atoms with Crippen LogP contribution < -0.4 is 14.8 Å². The fraction of sp³-hybridized carbons (Fsp3) is 0.217. The Morgan fingerprint density at radius 3 is 2.40 bits per heavy atom. The van der Waals surface area contributed by atoms with Gasteiger partial charge in [-0.1, -0.05) is 18.2 Å². The Bertz CT molecular complexity index is 1000. The lowest BCUT2D eigenvalue weighted by molar-refractivity contribution is -0.118. The first-order chi connectivity index (χ1) is 14.6. The minimum Gasteiger partial charge on any atom is -0.481 e. The molecule has 0 aliphatic heterocycles. The Labute approximate surface area is 175 Å². The van der Waals surface area contributed by atoms with Crippen molar-refractivity contribution in [2.24, 2.45) is 0 Å². The predicted molar refractivity (Wildman–Crippen MR) is 112 cm³/mol. The van der Waals surface area contributed by atoms with Crippen molar-refractivity contribution >= 4 is 11.7 Å². The van der Waals surface area contributed by atoms with Crippen molar-refractivity contribution in [2.75, 3.05) is 14.2 Å². The smallest absolute Gasteiger partial charge is 0.269 e. The highest BCUT2D eigenvalue weighted by molar-refractivity contribution is 5.92. The Hall–Kier alpha value is -3.74. The standard InChI is InChI=1S/C23H23N3O4/c1-24-23(28)21-14-20(11-12-25-21)30-19-8-4-16(5-9-19)3-7-18(27)13-17-6-10-22(29-2)26-15-17/h4-6,8-12,14-15H,3,7,13H2,1-2H3,(H,24,28). The van der Waals surface area contributed by atoms with Gasteiger partial charge in [0.2, 0.25) is 5.88 Å². The first kappa shape index (κ1) is 21.0. The van der Waals surface area contributed by atoms with Gasteiger partial charge in [-0.15, -0.1) is 0 Å². The molecule has 0 unspecified atom stereocenters. The molecule has 3 aromatic rings. The average molecular weight is 405 g/mol. The summed E-state index contributed by atoms with van der Waals surface area (Å²) in [6.45, 7) is 0. The predicted octanol–water partition coefficient (Wildman–Crippen LogP) is 3.38. The van der Waals surface area contributed by atoms with Crippen LogP contribution in [-0.4, -0.2) is 35.8 Å². The molecular formula is C23H23N3O4. The number of hydrogen-bond acceptors (Lipinski definition) is 6. The second kappa shape index (κ2) is 10.2. The number of benzene rings is 1. The highest BCUT2D eigenvalue weighted by Crippen LogP contribution is 2.22. The minimum atomic E-state index is -0.272. The van der Waals surface area contributed by atoms with Crippen LogP contribution in [0.5, 0.6) is 17.4 Å². The van der Waals surface area contributed by atoms with Crippen molar-refractivity contribution in [1.82, 2.24) is 15.3 Å². The maximum atomic E-state index is 12.2. The number of amides is 1. The maximum absolute atomic E-state index is 12.2. The molecule has 1 aromatic carbocycles. The fourth-order valence-corrected chi connectivity index (χ4v) is 2.82. The van der Waals surface area contributed by atoms with Gasteiger partial charge >= 0.3 is 0 Å². The molecule has 30 heavy (non-hydrogen) atoms. The van der Waals surface area contributed by atoms with E-state index < -0.39 is 0 Å². The molecule has 0 radical (unpaired) electrons. The van der Waals surface area contributed by atoms with Crippen LogP contribution in [0.2, 0.25) is 0 Å². The van der Waals surface area contributed by atoms with E-state index >= 15 is 0 Å². The molecule has 2 heterocycles. The van der Waals surface area contributed by atoms with Crippen LogP contribution in [0.1, 0.15) is 28.0 Å². The number of Topliss-reactive ketones (excluding diaryl/α,β-unsaturated/α-hetero) is 1. The number of nitrogens with zero attached hydrogens (tertiary/aromatic N) is 2. The quantitative estimate of drug-likeness (QED) is 0.587. The maximum Gasteiger partial charge on any atom is 0.269 e. The summed E-state index contributed by atoms with van der Waals surface area (Å²) in [5.74, 6) is 1.58. The molecular weight excluding hydrogens is 382 g/mol. The first-order valence-electron chi connectivity index (χ1n) is 9.53. The van der Waals surface area contributed by atoms with E-state index in [1.54, 1.807) is 38.6 Å². The average Bonchev–Trinajstić information content (AvgIpc) is 2.79. The largest absolute Gasteiger partial charge is 0.481 e. The number of aryl methyl sites for hydroxylation is 1. The van der Waals surface area contributed by atoms with Crippen LogP contribution in [0.3, 0.4) is 0 Å². The molecule has 0 aliphatic carbocycles. The lowest BCUT2D eigenvalue weighted by atomic mass is 10.0. The van der Waals surface area contributed by atoms with E-state index in [0.29, 0.717) is 36.6 Å². The molecule has 1 amide bonds. The van der Waals surface area contributed by atoms with Gasteiger partial charge in [0.1, 0.15) is 23.0 Å². The zero-order valence-electron chi connectivity index (χ0n) is 16.9. The third-order valence-electron chi connectivity index (χ3n) is 4.45. The van der Waals surface area contributed by atoms with E-state index in [1.807, 2.05) is 30.3 Å². The van der Waals surface area contributed by atoms with Gasteiger partial charge in [-0.3, -0.25) is 14.6 Å². The van der Waals surface area contributed by atoms with E-state index in [4.69, 9.17) is 9.47 Å². The number of nitrogens with one attached hydrogen (secondary N) is 1. The number of ketones is 1. The molecule has 0 spiro atoms. The van der Waals surface area contributed by atoms with Gasteiger partial charge in [-0.05, 0) is 35.7 Å². The normalized spacial score (nSPS) is 10.3. The lowest BCUT2D eigenvalue weighted by Gasteiger charge is -2.08. The Balaban J connectivity index is 1.51. The molecule has 1 N–H and O–H groups in total. The van der Waals surface area contributed by atoms with Crippen LogP contribution in [0.15, 0.2) is 60.9 Å². The summed E-state index contributed by atoms with van der Waals surface area (Å²) < 4.78 is 10.8. The number of carbonyl (C=O) groups excluding carboxylic acids is 2. The number of pyridine rings is 2.